The molecule has 0 aliphatic rings. The maximum Gasteiger partial charge on any atom is 0.310 e. The van der Waals surface area contributed by atoms with E-state index in [1.165, 1.54) is 12.3 Å². The second kappa shape index (κ2) is 5.24. The lowest BCUT2D eigenvalue weighted by Gasteiger charge is -2.19. The van der Waals surface area contributed by atoms with E-state index in [0.717, 1.165) is 6.20 Å². The SMILES string of the molecule is CC(C)C(Nc1ccncc1[N+](=O)[O-])C(N)=O. The van der Waals surface area contributed by atoms with Crippen molar-refractivity contribution >= 4 is 17.3 Å². The molecular weight excluding hydrogens is 224 g/mol. The first-order chi connectivity index (χ1) is 7.93. The number of carbonyl (C=O) groups excluding carboxylic acids is 1. The molecular formula is C10H14N4O3. The zero-order valence-electron chi connectivity index (χ0n) is 9.58. The summed E-state index contributed by atoms with van der Waals surface area (Å²) >= 11 is 0. The first kappa shape index (κ1) is 12.9. The number of hydrogen-bond acceptors (Lipinski definition) is 5. The van der Waals surface area contributed by atoms with Crippen molar-refractivity contribution in [2.45, 2.75) is 19.9 Å². The van der Waals surface area contributed by atoms with Crippen molar-refractivity contribution in [2.24, 2.45) is 11.7 Å². The Kier molecular flexibility index (Phi) is 3.97. The maximum absolute atomic E-state index is 11.2. The van der Waals surface area contributed by atoms with Crippen LogP contribution in [-0.4, -0.2) is 21.9 Å². The van der Waals surface area contributed by atoms with E-state index in [2.05, 4.69) is 10.3 Å². The van der Waals surface area contributed by atoms with E-state index < -0.39 is 16.9 Å². The van der Waals surface area contributed by atoms with Crippen LogP contribution in [0.4, 0.5) is 11.4 Å². The van der Waals surface area contributed by atoms with Gasteiger partial charge in [-0.25, -0.2) is 0 Å². The van der Waals surface area contributed by atoms with Crippen LogP contribution in [-0.2, 0) is 4.79 Å². The maximum atomic E-state index is 11.2. The van der Waals surface area contributed by atoms with Gasteiger partial charge in [0.1, 0.15) is 17.9 Å². The van der Waals surface area contributed by atoms with Gasteiger partial charge in [0.05, 0.1) is 4.92 Å². The van der Waals surface area contributed by atoms with Crippen molar-refractivity contribution < 1.29 is 9.72 Å². The second-order valence-electron chi connectivity index (χ2n) is 3.92. The van der Waals surface area contributed by atoms with Gasteiger partial charge in [-0.1, -0.05) is 13.8 Å². The van der Waals surface area contributed by atoms with Gasteiger partial charge in [0, 0.05) is 6.20 Å². The van der Waals surface area contributed by atoms with E-state index in [-0.39, 0.29) is 17.3 Å². The molecule has 0 radical (unpaired) electrons. The minimum absolute atomic E-state index is 0.0692. The predicted octanol–water partition coefficient (Wildman–Crippen LogP) is 0.912. The minimum atomic E-state index is -0.656. The Hall–Kier alpha value is -2.18. The molecule has 1 aromatic rings. The van der Waals surface area contributed by atoms with Gasteiger partial charge >= 0.3 is 5.69 Å². The van der Waals surface area contributed by atoms with Gasteiger partial charge in [-0.3, -0.25) is 19.9 Å². The molecule has 3 N–H and O–H groups in total. The first-order valence-electron chi connectivity index (χ1n) is 5.07. The van der Waals surface area contributed by atoms with Crippen LogP contribution in [0, 0.1) is 16.0 Å². The predicted molar refractivity (Wildman–Crippen MR) is 62.3 cm³/mol. The molecule has 0 spiro atoms. The largest absolute Gasteiger partial charge is 0.368 e. The average Bonchev–Trinajstić information content (AvgIpc) is 2.25. The number of primary amides is 1. The molecule has 7 nitrogen and oxygen atoms in total. The number of nitrogens with two attached hydrogens (primary N) is 1. The Morgan fingerprint density at radius 3 is 2.71 bits per heavy atom. The average molecular weight is 238 g/mol. The van der Waals surface area contributed by atoms with Crippen molar-refractivity contribution in [3.8, 4) is 0 Å². The summed E-state index contributed by atoms with van der Waals surface area (Å²) < 4.78 is 0. The summed E-state index contributed by atoms with van der Waals surface area (Å²) in [5.74, 6) is -0.619. The molecule has 1 unspecified atom stereocenters. The van der Waals surface area contributed by atoms with Crippen LogP contribution in [0.25, 0.3) is 0 Å². The highest BCUT2D eigenvalue weighted by Gasteiger charge is 2.23. The zero-order valence-corrected chi connectivity index (χ0v) is 9.58. The molecule has 1 aromatic heterocycles. The molecule has 1 atom stereocenters. The Morgan fingerprint density at radius 1 is 1.59 bits per heavy atom. The number of nitrogens with zero attached hydrogens (tertiary/aromatic N) is 2. The quantitative estimate of drug-likeness (QED) is 0.585. The Labute approximate surface area is 98.2 Å². The lowest BCUT2D eigenvalue weighted by Crippen LogP contribution is -2.39. The summed E-state index contributed by atoms with van der Waals surface area (Å²) in [7, 11) is 0. The molecule has 1 rings (SSSR count). The summed E-state index contributed by atoms with van der Waals surface area (Å²) in [5.41, 5.74) is 5.28. The monoisotopic (exact) mass is 238 g/mol. The normalized spacial score (nSPS) is 12.2. The summed E-state index contributed by atoms with van der Waals surface area (Å²) in [6, 6.07) is 0.785. The number of hydrogen-bond donors (Lipinski definition) is 2. The van der Waals surface area contributed by atoms with Gasteiger partial charge in [-0.15, -0.1) is 0 Å². The van der Waals surface area contributed by atoms with E-state index in [9.17, 15) is 14.9 Å². The minimum Gasteiger partial charge on any atom is -0.368 e. The van der Waals surface area contributed by atoms with Crippen LogP contribution in [0.5, 0.6) is 0 Å². The van der Waals surface area contributed by atoms with E-state index >= 15 is 0 Å². The molecule has 1 amide bonds. The van der Waals surface area contributed by atoms with Gasteiger partial charge in [-0.2, -0.15) is 0 Å². The second-order valence-corrected chi connectivity index (χ2v) is 3.92. The highest BCUT2D eigenvalue weighted by Crippen LogP contribution is 2.23. The number of amides is 1. The summed E-state index contributed by atoms with van der Waals surface area (Å²) in [6.07, 6.45) is 2.54. The van der Waals surface area contributed by atoms with Crippen molar-refractivity contribution in [3.63, 3.8) is 0 Å². The smallest absolute Gasteiger partial charge is 0.310 e. The fourth-order valence-corrected chi connectivity index (χ4v) is 1.39. The summed E-state index contributed by atoms with van der Waals surface area (Å²) in [4.78, 5) is 25.1. The highest BCUT2D eigenvalue weighted by molar-refractivity contribution is 5.84. The third kappa shape index (κ3) is 3.13. The lowest BCUT2D eigenvalue weighted by atomic mass is 10.0. The fraction of sp³-hybridized carbons (Fsp3) is 0.400. The first-order valence-corrected chi connectivity index (χ1v) is 5.07. The van der Waals surface area contributed by atoms with E-state index in [1.807, 2.05) is 0 Å². The number of carbonyl (C=O) groups is 1. The van der Waals surface area contributed by atoms with Crippen molar-refractivity contribution in [2.75, 3.05) is 5.32 Å². The van der Waals surface area contributed by atoms with Crippen molar-refractivity contribution in [3.05, 3.63) is 28.6 Å². The number of pyridine rings is 1. The molecule has 0 fully saturated rings. The van der Waals surface area contributed by atoms with Gasteiger partial charge < -0.3 is 11.1 Å². The van der Waals surface area contributed by atoms with E-state index in [4.69, 9.17) is 5.73 Å². The number of nitrogens with one attached hydrogen (secondary N) is 1. The molecule has 92 valence electrons. The molecule has 0 aromatic carbocycles. The Morgan fingerprint density at radius 2 is 2.24 bits per heavy atom. The van der Waals surface area contributed by atoms with Crippen LogP contribution in [0.3, 0.4) is 0 Å². The van der Waals surface area contributed by atoms with E-state index in [0.29, 0.717) is 0 Å². The lowest BCUT2D eigenvalue weighted by molar-refractivity contribution is -0.384. The molecule has 17 heavy (non-hydrogen) atoms. The summed E-state index contributed by atoms with van der Waals surface area (Å²) in [6.45, 7) is 3.60. The van der Waals surface area contributed by atoms with Crippen LogP contribution in [0.2, 0.25) is 0 Å². The van der Waals surface area contributed by atoms with Crippen LogP contribution in [0.1, 0.15) is 13.8 Å². The van der Waals surface area contributed by atoms with Crippen LogP contribution in [0.15, 0.2) is 18.5 Å². The third-order valence-electron chi connectivity index (χ3n) is 2.28. The summed E-state index contributed by atoms with van der Waals surface area (Å²) in [5, 5.41) is 13.5. The third-order valence-corrected chi connectivity index (χ3v) is 2.28. The van der Waals surface area contributed by atoms with Gasteiger partial charge in [-0.05, 0) is 12.0 Å². The number of rotatable bonds is 5. The standard InChI is InChI=1S/C10H14N4O3/c1-6(2)9(10(11)15)13-7-3-4-12-5-8(7)14(16)17/h3-6,9H,1-2H3,(H2,11,15)(H,12,13). The molecule has 0 aliphatic heterocycles. The van der Waals surface area contributed by atoms with E-state index in [1.54, 1.807) is 13.8 Å². The number of aromatic nitrogens is 1. The molecule has 0 saturated carbocycles. The topological polar surface area (TPSA) is 111 Å². The van der Waals surface area contributed by atoms with Gasteiger partial charge in [0.15, 0.2) is 0 Å². The molecule has 0 saturated heterocycles. The highest BCUT2D eigenvalue weighted by atomic mass is 16.6. The zero-order chi connectivity index (χ0) is 13.0. The van der Waals surface area contributed by atoms with Crippen LogP contribution < -0.4 is 11.1 Å². The van der Waals surface area contributed by atoms with Crippen molar-refractivity contribution in [1.29, 1.82) is 0 Å². The number of nitro groups is 1. The van der Waals surface area contributed by atoms with Gasteiger partial charge in [0.25, 0.3) is 0 Å². The van der Waals surface area contributed by atoms with Crippen molar-refractivity contribution in [1.82, 2.24) is 4.98 Å². The fourth-order valence-electron chi connectivity index (χ4n) is 1.39. The number of anilines is 1. The van der Waals surface area contributed by atoms with Crippen LogP contribution >= 0.6 is 0 Å². The van der Waals surface area contributed by atoms with Gasteiger partial charge in [0.2, 0.25) is 5.91 Å². The molecule has 1 heterocycles. The molecule has 7 heteroatoms. The molecule has 0 aliphatic carbocycles. The molecule has 0 bridgehead atoms. The Balaban J connectivity index is 3.01. The Bertz CT molecular complexity index is 433.